The van der Waals surface area contributed by atoms with Gasteiger partial charge in [0.2, 0.25) is 0 Å². The number of carboxylic acid groups (broad SMARTS) is 1. The molecule has 7 nitrogen and oxygen atoms in total. The molecular weight excluding hydrogens is 563 g/mol. The third-order valence-corrected chi connectivity index (χ3v) is 11.2. The Labute approximate surface area is 257 Å². The topological polar surface area (TPSA) is 132 Å². The Morgan fingerprint density at radius 2 is 1.80 bits per heavy atom. The first kappa shape index (κ1) is 31.9. The van der Waals surface area contributed by atoms with Gasteiger partial charge in [-0.3, -0.25) is 14.4 Å². The van der Waals surface area contributed by atoms with Crippen LogP contribution >= 0.6 is 0 Å². The Bertz CT molecular complexity index is 1520. The van der Waals surface area contributed by atoms with Gasteiger partial charge < -0.3 is 20.4 Å². The minimum atomic E-state index is -1.56. The number of benzene rings is 2. The number of aliphatic hydroxyl groups excluding tert-OH is 2. The maximum Gasteiger partial charge on any atom is 0.310 e. The van der Waals surface area contributed by atoms with E-state index in [-0.39, 0.29) is 29.0 Å². The average molecular weight is 605 g/mol. The number of fused-ring (bicyclic) bond motifs is 5. The highest BCUT2D eigenvalue weighted by molar-refractivity contribution is 6.01. The number of aliphatic hydroxyl groups is 3. The van der Waals surface area contributed by atoms with E-state index in [0.29, 0.717) is 24.0 Å². The van der Waals surface area contributed by atoms with Crippen molar-refractivity contribution in [1.29, 1.82) is 0 Å². The van der Waals surface area contributed by atoms with Crippen LogP contribution in [0.15, 0.2) is 72.3 Å². The van der Waals surface area contributed by atoms with Crippen molar-refractivity contribution < 1.29 is 39.2 Å². The van der Waals surface area contributed by atoms with Crippen molar-refractivity contribution in [3.05, 3.63) is 83.7 Å². The molecule has 0 aliphatic heterocycles. The van der Waals surface area contributed by atoms with Crippen molar-refractivity contribution in [2.24, 2.45) is 28.6 Å². The Morgan fingerprint density at radius 1 is 1.09 bits per heavy atom. The molecule has 1 unspecified atom stereocenters. The Kier molecular flexibility index (Phi) is 8.57. The van der Waals surface area contributed by atoms with Crippen molar-refractivity contribution in [2.45, 2.75) is 70.5 Å². The molecule has 234 valence electrons. The van der Waals surface area contributed by atoms with E-state index in [2.05, 4.69) is 6.92 Å². The summed E-state index contributed by atoms with van der Waals surface area (Å²) in [6.07, 6.45) is 7.68. The molecule has 4 aliphatic carbocycles. The lowest BCUT2D eigenvalue weighted by Gasteiger charge is -2.59. The first-order valence-corrected chi connectivity index (χ1v) is 15.3. The van der Waals surface area contributed by atoms with Crippen LogP contribution in [0.3, 0.4) is 0 Å². The summed E-state index contributed by atoms with van der Waals surface area (Å²) >= 11 is 0. The molecule has 0 amide bonds. The van der Waals surface area contributed by atoms with E-state index < -0.39 is 47.2 Å². The van der Waals surface area contributed by atoms with Gasteiger partial charge in [0.05, 0.1) is 12.0 Å². The minimum Gasteiger partial charge on any atom is -0.481 e. The number of carbonyl (C=O) groups excluding carboxylic acids is 2. The summed E-state index contributed by atoms with van der Waals surface area (Å²) < 4.78 is 14.0. The summed E-state index contributed by atoms with van der Waals surface area (Å²) in [5.41, 5.74) is 0.196. The quantitative estimate of drug-likeness (QED) is 0.367. The second-order valence-electron chi connectivity index (χ2n) is 13.4. The number of rotatable bonds is 5. The van der Waals surface area contributed by atoms with Gasteiger partial charge in [0.15, 0.2) is 11.6 Å². The summed E-state index contributed by atoms with van der Waals surface area (Å²) in [5.74, 6) is -2.28. The van der Waals surface area contributed by atoms with Crippen LogP contribution in [0, 0.1) is 34.4 Å². The molecule has 4 aliphatic rings. The molecule has 0 saturated heterocycles. The third kappa shape index (κ3) is 5.17. The number of hydrogen-bond donors (Lipinski definition) is 4. The van der Waals surface area contributed by atoms with Crippen LogP contribution in [-0.4, -0.2) is 56.3 Å². The highest BCUT2D eigenvalue weighted by atomic mass is 19.1. The van der Waals surface area contributed by atoms with Crippen LogP contribution in [0.4, 0.5) is 4.39 Å². The van der Waals surface area contributed by atoms with Crippen molar-refractivity contribution in [3.8, 4) is 11.1 Å². The number of Topliss-reactive ketones (excluding diaryl/α,β-unsaturated/α-hetero) is 1. The van der Waals surface area contributed by atoms with Crippen LogP contribution in [0.2, 0.25) is 0 Å². The zero-order valence-electron chi connectivity index (χ0n) is 25.4. The molecule has 2 aromatic rings. The van der Waals surface area contributed by atoms with Gasteiger partial charge in [-0.05, 0) is 80.2 Å². The molecule has 0 radical (unpaired) electrons. The van der Waals surface area contributed by atoms with Gasteiger partial charge in [0.1, 0.15) is 18.0 Å². The summed E-state index contributed by atoms with van der Waals surface area (Å²) in [4.78, 5) is 35.0. The number of ketones is 2. The first-order chi connectivity index (χ1) is 20.8. The van der Waals surface area contributed by atoms with Gasteiger partial charge in [0.25, 0.3) is 0 Å². The van der Waals surface area contributed by atoms with Gasteiger partial charge in [-0.25, -0.2) is 4.39 Å². The van der Waals surface area contributed by atoms with Crippen LogP contribution in [0.5, 0.6) is 0 Å². The van der Waals surface area contributed by atoms with Crippen molar-refractivity contribution in [2.75, 3.05) is 6.61 Å². The molecule has 6 rings (SSSR count). The molecule has 44 heavy (non-hydrogen) atoms. The highest BCUT2D eigenvalue weighted by Gasteiger charge is 2.67. The molecule has 0 bridgehead atoms. The number of allylic oxidation sites excluding steroid dienone is 4. The van der Waals surface area contributed by atoms with Gasteiger partial charge in [-0.15, -0.1) is 0 Å². The fourth-order valence-corrected chi connectivity index (χ4v) is 8.71. The molecule has 3 fully saturated rings. The van der Waals surface area contributed by atoms with E-state index in [1.165, 1.54) is 6.07 Å². The summed E-state index contributed by atoms with van der Waals surface area (Å²) in [6, 6.07) is 13.7. The van der Waals surface area contributed by atoms with E-state index >= 15 is 0 Å². The molecule has 8 atom stereocenters. The zero-order chi connectivity index (χ0) is 32.0. The monoisotopic (exact) mass is 604 g/mol. The van der Waals surface area contributed by atoms with Crippen molar-refractivity contribution >= 4 is 17.5 Å². The van der Waals surface area contributed by atoms with Gasteiger partial charge in [0, 0.05) is 22.3 Å². The highest BCUT2D eigenvalue weighted by Crippen LogP contribution is 2.67. The lowest BCUT2D eigenvalue weighted by Crippen LogP contribution is -2.61. The van der Waals surface area contributed by atoms with E-state index in [1.54, 1.807) is 31.2 Å². The molecule has 8 heteroatoms. The normalized spacial score (nSPS) is 34.4. The Morgan fingerprint density at radius 3 is 2.43 bits per heavy atom. The average Bonchev–Trinajstić information content (AvgIpc) is 3.27. The Balaban J connectivity index is 0.000000187. The van der Waals surface area contributed by atoms with E-state index in [9.17, 15) is 34.1 Å². The number of aliphatic carboxylic acids is 1. The van der Waals surface area contributed by atoms with Crippen molar-refractivity contribution in [1.82, 2.24) is 0 Å². The molecule has 4 N–H and O–H groups in total. The first-order valence-electron chi connectivity index (χ1n) is 15.3. The standard InChI is InChI=1S/C21H28O5.C15H13FO2/c1-19-7-5-13(23)9-12(19)3-4-14-15-6-8-21(26,17(25)11-22)20(15,2)10-16(24)18(14)19;1-10(15(17)18)12-7-8-13(14(16)9-12)11-5-3-2-4-6-11/h5,7,9,14-16,18,22,24,26H,3-4,6,8,10-11H2,1-2H3;2-10H,1H3,(H,17,18)/t14-,15-,16-,18+,19-,20-,21-;/m0./s1. The fraction of sp³-hybridized carbons (Fsp3) is 0.472. The summed E-state index contributed by atoms with van der Waals surface area (Å²) in [7, 11) is 0. The number of carbonyl (C=O) groups is 3. The maximum atomic E-state index is 14.0. The molecule has 0 spiro atoms. The second-order valence-corrected chi connectivity index (χ2v) is 13.4. The van der Waals surface area contributed by atoms with Crippen LogP contribution in [0.25, 0.3) is 11.1 Å². The molecule has 3 saturated carbocycles. The Hall–Kier alpha value is -3.46. The maximum absolute atomic E-state index is 14.0. The summed E-state index contributed by atoms with van der Waals surface area (Å²) in [6.45, 7) is 4.88. The van der Waals surface area contributed by atoms with Crippen LogP contribution in [0.1, 0.15) is 64.4 Å². The number of hydrogen-bond acceptors (Lipinski definition) is 6. The van der Waals surface area contributed by atoms with E-state index in [4.69, 9.17) is 5.11 Å². The number of carboxylic acids is 1. The third-order valence-electron chi connectivity index (χ3n) is 11.2. The van der Waals surface area contributed by atoms with Gasteiger partial charge >= 0.3 is 5.97 Å². The van der Waals surface area contributed by atoms with Gasteiger partial charge in [-0.2, -0.15) is 0 Å². The fourth-order valence-electron chi connectivity index (χ4n) is 8.71. The van der Waals surface area contributed by atoms with Crippen LogP contribution in [-0.2, 0) is 14.4 Å². The van der Waals surface area contributed by atoms with Gasteiger partial charge in [-0.1, -0.05) is 68.0 Å². The molecule has 0 aromatic heterocycles. The zero-order valence-corrected chi connectivity index (χ0v) is 25.4. The smallest absolute Gasteiger partial charge is 0.310 e. The SMILES string of the molecule is CC(C(=O)O)c1ccc(-c2ccccc2)c(F)c1.C[C@]12C=CC(=O)C=C1CC[C@@H]1[C@@H]2[C@@H](O)C[C@@]2(C)[C@H]1CC[C@]2(O)C(=O)CO. The second kappa shape index (κ2) is 11.8. The molecular formula is C36H41FO7. The van der Waals surface area contributed by atoms with Crippen molar-refractivity contribution in [3.63, 3.8) is 0 Å². The summed E-state index contributed by atoms with van der Waals surface area (Å²) in [5, 5.41) is 40.6. The largest absolute Gasteiger partial charge is 0.481 e. The lowest BCUT2D eigenvalue weighted by atomic mass is 9.46. The molecule has 0 heterocycles. The van der Waals surface area contributed by atoms with E-state index in [0.717, 1.165) is 30.4 Å². The molecule has 2 aromatic carbocycles. The minimum absolute atomic E-state index is 0.00912. The predicted molar refractivity (Wildman–Crippen MR) is 163 cm³/mol. The van der Waals surface area contributed by atoms with Crippen LogP contribution < -0.4 is 0 Å². The predicted octanol–water partition coefficient (Wildman–Crippen LogP) is 5.24. The lowest BCUT2D eigenvalue weighted by molar-refractivity contribution is -0.178. The van der Waals surface area contributed by atoms with E-state index in [1.807, 2.05) is 43.3 Å². The number of halogens is 1.